The van der Waals surface area contributed by atoms with E-state index in [1.807, 2.05) is 0 Å². The Morgan fingerprint density at radius 1 is 0.968 bits per heavy atom. The van der Waals surface area contributed by atoms with Crippen molar-refractivity contribution in [2.45, 2.75) is 42.2 Å². The first-order chi connectivity index (χ1) is 14.8. The van der Waals surface area contributed by atoms with Crippen molar-refractivity contribution in [1.82, 2.24) is 0 Å². The summed E-state index contributed by atoms with van der Waals surface area (Å²) in [5, 5.41) is 2.74. The Morgan fingerprint density at radius 2 is 1.55 bits per heavy atom. The molecule has 1 atom stereocenters. The molecule has 4 bridgehead atoms. The van der Waals surface area contributed by atoms with Crippen molar-refractivity contribution in [3.63, 3.8) is 0 Å². The lowest BCUT2D eigenvalue weighted by atomic mass is 9.56. The van der Waals surface area contributed by atoms with Gasteiger partial charge in [-0.3, -0.25) is 4.79 Å². The second kappa shape index (κ2) is 8.01. The molecule has 0 heterocycles. The third-order valence-electron chi connectivity index (χ3n) is 7.04. The zero-order valence-corrected chi connectivity index (χ0v) is 18.1. The van der Waals surface area contributed by atoms with Gasteiger partial charge in [-0.25, -0.2) is 13.2 Å². The Kier molecular flexibility index (Phi) is 5.47. The van der Waals surface area contributed by atoms with Crippen molar-refractivity contribution >= 4 is 34.4 Å². The molecule has 4 aliphatic carbocycles. The standard InChI is InChI=1S/C23H21ClF3NO2S/c24-17-2-1-13(23(29)28-16-9-18(25)21(27)19(26)10-16)8-20(17)31(30)22-14-4-11-3-12(6-14)7-15(22)5-11/h1-2,8-12,14-15,22H,3-7H2,(H,28,29)/t11-,12+,14+,15?,22-,31?/m1/s1. The van der Waals surface area contributed by atoms with Gasteiger partial charge >= 0.3 is 0 Å². The zero-order valence-electron chi connectivity index (χ0n) is 16.5. The third kappa shape index (κ3) is 3.85. The molecular weight excluding hydrogens is 447 g/mol. The summed E-state index contributed by atoms with van der Waals surface area (Å²) >= 11 is 5.01. The van der Waals surface area contributed by atoms with Gasteiger partial charge in [0.2, 0.25) is 0 Å². The van der Waals surface area contributed by atoms with Gasteiger partial charge in [-0.05, 0) is 67.2 Å². The molecule has 6 rings (SSSR count). The number of benzene rings is 2. The van der Waals surface area contributed by atoms with Gasteiger partial charge in [0.15, 0.2) is 22.3 Å². The van der Waals surface area contributed by atoms with Crippen molar-refractivity contribution in [3.8, 4) is 0 Å². The van der Waals surface area contributed by atoms with E-state index in [-0.39, 0.29) is 16.5 Å². The van der Waals surface area contributed by atoms with Crippen LogP contribution in [0.4, 0.5) is 18.9 Å². The molecule has 164 valence electrons. The number of hydrogen-bond donors (Lipinski definition) is 1. The predicted octanol–water partition coefficient (Wildman–Crippen LogP) is 5.94. The smallest absolute Gasteiger partial charge is 0.255 e. The minimum absolute atomic E-state index is 0.0453. The van der Waals surface area contributed by atoms with E-state index < -0.39 is 34.5 Å². The van der Waals surface area contributed by atoms with E-state index in [0.29, 0.717) is 33.9 Å². The van der Waals surface area contributed by atoms with E-state index >= 15 is 0 Å². The van der Waals surface area contributed by atoms with Crippen molar-refractivity contribution in [2.75, 3.05) is 5.32 Å². The van der Waals surface area contributed by atoms with E-state index in [4.69, 9.17) is 11.6 Å². The van der Waals surface area contributed by atoms with Crippen LogP contribution in [-0.4, -0.2) is 15.7 Å². The van der Waals surface area contributed by atoms with Gasteiger partial charge in [-0.2, -0.15) is 0 Å². The van der Waals surface area contributed by atoms with Crippen LogP contribution in [0, 0.1) is 41.1 Å². The van der Waals surface area contributed by atoms with Crippen LogP contribution >= 0.6 is 11.6 Å². The molecule has 8 heteroatoms. The van der Waals surface area contributed by atoms with Crippen LogP contribution in [0.5, 0.6) is 0 Å². The first-order valence-corrected chi connectivity index (χ1v) is 12.0. The molecule has 2 aromatic carbocycles. The van der Waals surface area contributed by atoms with E-state index in [0.717, 1.165) is 37.5 Å². The van der Waals surface area contributed by atoms with Crippen molar-refractivity contribution in [2.24, 2.45) is 23.7 Å². The molecule has 3 nitrogen and oxygen atoms in total. The number of rotatable bonds is 4. The molecule has 4 fully saturated rings. The monoisotopic (exact) mass is 467 g/mol. The molecule has 2 aromatic rings. The lowest BCUT2D eigenvalue weighted by Crippen LogP contribution is -2.51. The number of nitrogens with one attached hydrogen (secondary N) is 1. The Balaban J connectivity index is 1.38. The minimum atomic E-state index is -1.60. The maximum absolute atomic E-state index is 13.6. The first kappa shape index (κ1) is 21.2. The number of carbonyl (C=O) groups is 1. The molecule has 0 spiro atoms. The fourth-order valence-corrected chi connectivity index (χ4v) is 8.29. The molecule has 0 radical (unpaired) electrons. The van der Waals surface area contributed by atoms with Crippen molar-refractivity contribution in [1.29, 1.82) is 0 Å². The minimum Gasteiger partial charge on any atom is -0.611 e. The van der Waals surface area contributed by atoms with E-state index in [2.05, 4.69) is 5.32 Å². The van der Waals surface area contributed by atoms with E-state index in [9.17, 15) is 22.5 Å². The van der Waals surface area contributed by atoms with Crippen molar-refractivity contribution in [3.05, 3.63) is 58.4 Å². The lowest BCUT2D eigenvalue weighted by Gasteiger charge is -2.53. The normalized spacial score (nSPS) is 29.8. The molecule has 0 aliphatic heterocycles. The van der Waals surface area contributed by atoms with Gasteiger partial charge < -0.3 is 9.87 Å². The summed E-state index contributed by atoms with van der Waals surface area (Å²) in [6.07, 6.45) is 5.75. The Labute approximate surface area is 186 Å². The van der Waals surface area contributed by atoms with Crippen LogP contribution < -0.4 is 5.32 Å². The highest BCUT2D eigenvalue weighted by Crippen LogP contribution is 2.56. The van der Waals surface area contributed by atoms with E-state index in [1.165, 1.54) is 24.6 Å². The van der Waals surface area contributed by atoms with Gasteiger partial charge in [0.1, 0.15) is 5.25 Å². The van der Waals surface area contributed by atoms with Gasteiger partial charge in [0.05, 0.1) is 5.02 Å². The molecule has 0 saturated heterocycles. The predicted molar refractivity (Wildman–Crippen MR) is 113 cm³/mol. The number of amides is 1. The largest absolute Gasteiger partial charge is 0.611 e. The quantitative estimate of drug-likeness (QED) is 0.446. The van der Waals surface area contributed by atoms with Gasteiger partial charge in [0.25, 0.3) is 5.91 Å². The summed E-state index contributed by atoms with van der Waals surface area (Å²) in [6.45, 7) is 0. The highest BCUT2D eigenvalue weighted by Gasteiger charge is 2.53. The zero-order chi connectivity index (χ0) is 21.9. The highest BCUT2D eigenvalue weighted by molar-refractivity contribution is 7.92. The Morgan fingerprint density at radius 3 is 2.13 bits per heavy atom. The lowest BCUT2D eigenvalue weighted by molar-refractivity contribution is 0.0237. The Hall–Kier alpha value is -1.70. The number of hydrogen-bond acceptors (Lipinski definition) is 2. The average molecular weight is 468 g/mol. The molecule has 4 aliphatic rings. The number of halogens is 4. The second-order valence-electron chi connectivity index (χ2n) is 9.05. The summed E-state index contributed by atoms with van der Waals surface area (Å²) in [6, 6.07) is 5.89. The van der Waals surface area contributed by atoms with Crippen LogP contribution in [0.15, 0.2) is 35.2 Å². The molecule has 1 amide bonds. The molecule has 31 heavy (non-hydrogen) atoms. The number of carbonyl (C=O) groups excluding carboxylic acids is 1. The highest BCUT2D eigenvalue weighted by atomic mass is 35.5. The summed E-state index contributed by atoms with van der Waals surface area (Å²) in [7, 11) is 0. The molecule has 1 unspecified atom stereocenters. The molecular formula is C23H21ClF3NO2S. The van der Waals surface area contributed by atoms with Gasteiger partial charge in [-0.1, -0.05) is 11.6 Å². The summed E-state index contributed by atoms with van der Waals surface area (Å²) in [5.41, 5.74) is -0.0400. The fourth-order valence-electron chi connectivity index (χ4n) is 6.00. The van der Waals surface area contributed by atoms with Crippen LogP contribution in [0.3, 0.4) is 0 Å². The summed E-state index contributed by atoms with van der Waals surface area (Å²) in [4.78, 5) is 13.1. The van der Waals surface area contributed by atoms with Crippen LogP contribution in [0.2, 0.25) is 5.02 Å². The molecule has 4 saturated carbocycles. The van der Waals surface area contributed by atoms with Crippen LogP contribution in [-0.2, 0) is 11.2 Å². The fraction of sp³-hybridized carbons (Fsp3) is 0.435. The van der Waals surface area contributed by atoms with Gasteiger partial charge in [-0.15, -0.1) is 0 Å². The topological polar surface area (TPSA) is 52.2 Å². The van der Waals surface area contributed by atoms with E-state index in [1.54, 1.807) is 0 Å². The Bertz CT molecular complexity index is 998. The van der Waals surface area contributed by atoms with Crippen LogP contribution in [0.1, 0.15) is 42.5 Å². The number of anilines is 1. The van der Waals surface area contributed by atoms with Crippen LogP contribution in [0.25, 0.3) is 0 Å². The maximum Gasteiger partial charge on any atom is 0.255 e. The average Bonchev–Trinajstić information content (AvgIpc) is 2.71. The third-order valence-corrected chi connectivity index (χ3v) is 9.52. The first-order valence-electron chi connectivity index (χ1n) is 10.5. The summed E-state index contributed by atoms with van der Waals surface area (Å²) in [5.74, 6) is -2.68. The summed E-state index contributed by atoms with van der Waals surface area (Å²) < 4.78 is 53.6. The second-order valence-corrected chi connectivity index (χ2v) is 11.0. The van der Waals surface area contributed by atoms with Gasteiger partial charge in [0, 0.05) is 41.3 Å². The molecule has 1 N–H and O–H groups in total. The molecule has 0 aromatic heterocycles. The SMILES string of the molecule is O=C(Nc1cc(F)c(F)c(F)c1)c1ccc(Cl)c([S+]([O-])[C@H]2C3C[C@@H]4C[C@H](C3)C[C@@H]2C4)c1. The van der Waals surface area contributed by atoms with Crippen molar-refractivity contribution < 1.29 is 22.5 Å². The maximum atomic E-state index is 13.6.